The summed E-state index contributed by atoms with van der Waals surface area (Å²) in [6.45, 7) is 0. The lowest BCUT2D eigenvalue weighted by molar-refractivity contribution is -0.307. The molecule has 0 bridgehead atoms. The molecule has 1 atom stereocenters. The van der Waals surface area contributed by atoms with Crippen molar-refractivity contribution in [3.05, 3.63) is 42.1 Å². The quantitative estimate of drug-likeness (QED) is 0.850. The third kappa shape index (κ3) is 3.10. The first-order valence-electron chi connectivity index (χ1n) is 5.77. The second-order valence-electron chi connectivity index (χ2n) is 4.42. The maximum Gasteiger partial charge on any atom is 0.403 e. The van der Waals surface area contributed by atoms with Gasteiger partial charge in [-0.15, -0.1) is 0 Å². The SMILES string of the molecule is OC(c1cccc2ncccc12)C(C(F)(F)F)C(F)(F)F. The molecule has 0 radical (unpaired) electrons. The van der Waals surface area contributed by atoms with Gasteiger partial charge >= 0.3 is 12.4 Å². The van der Waals surface area contributed by atoms with Crippen molar-refractivity contribution in [2.45, 2.75) is 18.5 Å². The highest BCUT2D eigenvalue weighted by atomic mass is 19.4. The molecule has 0 aliphatic heterocycles. The van der Waals surface area contributed by atoms with E-state index in [9.17, 15) is 31.4 Å². The van der Waals surface area contributed by atoms with E-state index in [1.165, 1.54) is 30.5 Å². The zero-order chi connectivity index (χ0) is 15.8. The Morgan fingerprint density at radius 2 is 1.52 bits per heavy atom. The van der Waals surface area contributed by atoms with Crippen LogP contribution >= 0.6 is 0 Å². The molecule has 2 nitrogen and oxygen atoms in total. The summed E-state index contributed by atoms with van der Waals surface area (Å²) < 4.78 is 75.9. The highest BCUT2D eigenvalue weighted by Gasteiger charge is 2.60. The van der Waals surface area contributed by atoms with E-state index in [2.05, 4.69) is 4.98 Å². The summed E-state index contributed by atoms with van der Waals surface area (Å²) in [6.07, 6.45) is -12.6. The van der Waals surface area contributed by atoms with E-state index in [4.69, 9.17) is 0 Å². The van der Waals surface area contributed by atoms with Crippen LogP contribution in [-0.4, -0.2) is 22.4 Å². The first-order chi connectivity index (χ1) is 9.62. The fraction of sp³-hybridized carbons (Fsp3) is 0.308. The summed E-state index contributed by atoms with van der Waals surface area (Å²) in [5.74, 6) is -3.85. The summed E-state index contributed by atoms with van der Waals surface area (Å²) in [4.78, 5) is 3.83. The van der Waals surface area contributed by atoms with Crippen LogP contribution in [0.5, 0.6) is 0 Å². The first-order valence-corrected chi connectivity index (χ1v) is 5.77. The van der Waals surface area contributed by atoms with E-state index >= 15 is 0 Å². The molecule has 8 heteroatoms. The Bertz CT molecular complexity index is 617. The molecule has 21 heavy (non-hydrogen) atoms. The van der Waals surface area contributed by atoms with Crippen molar-refractivity contribution in [3.8, 4) is 0 Å². The fourth-order valence-corrected chi connectivity index (χ4v) is 2.11. The maximum absolute atomic E-state index is 12.7. The number of benzene rings is 1. The van der Waals surface area contributed by atoms with Crippen LogP contribution in [0.25, 0.3) is 10.9 Å². The van der Waals surface area contributed by atoms with Crippen LogP contribution in [0, 0.1) is 5.92 Å². The third-order valence-corrected chi connectivity index (χ3v) is 3.02. The molecule has 1 aromatic heterocycles. The number of hydrogen-bond donors (Lipinski definition) is 1. The topological polar surface area (TPSA) is 33.1 Å². The minimum Gasteiger partial charge on any atom is -0.387 e. The lowest BCUT2D eigenvalue weighted by Crippen LogP contribution is -2.41. The van der Waals surface area contributed by atoms with E-state index < -0.39 is 29.9 Å². The lowest BCUT2D eigenvalue weighted by Gasteiger charge is -2.28. The minimum atomic E-state index is -5.61. The molecule has 0 saturated heterocycles. The summed E-state index contributed by atoms with van der Waals surface area (Å²) in [5, 5.41) is 9.73. The number of nitrogens with zero attached hydrogens (tertiary/aromatic N) is 1. The van der Waals surface area contributed by atoms with Crippen LogP contribution in [0.15, 0.2) is 36.5 Å². The molecule has 1 heterocycles. The highest BCUT2D eigenvalue weighted by molar-refractivity contribution is 5.82. The van der Waals surface area contributed by atoms with Gasteiger partial charge in [-0.2, -0.15) is 26.3 Å². The molecule has 2 aromatic rings. The van der Waals surface area contributed by atoms with E-state index in [1.54, 1.807) is 0 Å². The number of fused-ring (bicyclic) bond motifs is 1. The number of pyridine rings is 1. The molecule has 1 aromatic carbocycles. The molecular weight excluding hydrogens is 300 g/mol. The van der Waals surface area contributed by atoms with Gasteiger partial charge in [0.05, 0.1) is 5.52 Å². The average Bonchev–Trinajstić information content (AvgIpc) is 2.34. The van der Waals surface area contributed by atoms with Gasteiger partial charge in [-0.05, 0) is 17.7 Å². The summed E-state index contributed by atoms with van der Waals surface area (Å²) in [5.41, 5.74) is -0.252. The summed E-state index contributed by atoms with van der Waals surface area (Å²) >= 11 is 0. The smallest absolute Gasteiger partial charge is 0.387 e. The van der Waals surface area contributed by atoms with E-state index in [0.717, 1.165) is 6.07 Å². The second-order valence-corrected chi connectivity index (χ2v) is 4.42. The van der Waals surface area contributed by atoms with Crippen LogP contribution in [0.2, 0.25) is 0 Å². The number of alkyl halides is 6. The van der Waals surface area contributed by atoms with Crippen molar-refractivity contribution in [2.24, 2.45) is 5.92 Å². The maximum atomic E-state index is 12.7. The molecule has 0 aliphatic rings. The zero-order valence-electron chi connectivity index (χ0n) is 10.3. The average molecular weight is 309 g/mol. The molecule has 0 spiro atoms. The molecule has 0 saturated carbocycles. The van der Waals surface area contributed by atoms with Gasteiger partial charge in [0.2, 0.25) is 0 Å². The molecule has 0 aliphatic carbocycles. The van der Waals surface area contributed by atoms with Gasteiger partial charge in [0.25, 0.3) is 0 Å². The minimum absolute atomic E-state index is 0.0472. The Hall–Kier alpha value is -1.83. The van der Waals surface area contributed by atoms with Crippen molar-refractivity contribution in [1.82, 2.24) is 4.98 Å². The van der Waals surface area contributed by atoms with Crippen LogP contribution in [0.3, 0.4) is 0 Å². The van der Waals surface area contributed by atoms with Gasteiger partial charge in [0.1, 0.15) is 6.10 Å². The molecular formula is C13H9F6NO. The monoisotopic (exact) mass is 309 g/mol. The molecule has 1 unspecified atom stereocenters. The normalized spacial score (nSPS) is 14.7. The Kier molecular flexibility index (Phi) is 3.83. The number of halogens is 6. The molecule has 0 amide bonds. The Balaban J connectivity index is 2.57. The predicted octanol–water partition coefficient (Wildman–Crippen LogP) is 4.01. The van der Waals surface area contributed by atoms with Crippen molar-refractivity contribution in [1.29, 1.82) is 0 Å². The highest BCUT2D eigenvalue weighted by Crippen LogP contribution is 2.47. The van der Waals surface area contributed by atoms with Crippen LogP contribution in [-0.2, 0) is 0 Å². The molecule has 2 rings (SSSR count). The van der Waals surface area contributed by atoms with Crippen LogP contribution < -0.4 is 0 Å². The predicted molar refractivity (Wildman–Crippen MR) is 62.3 cm³/mol. The van der Waals surface area contributed by atoms with E-state index in [1.807, 2.05) is 0 Å². The Morgan fingerprint density at radius 3 is 2.10 bits per heavy atom. The number of aliphatic hydroxyl groups excluding tert-OH is 1. The summed E-state index contributed by atoms with van der Waals surface area (Å²) in [7, 11) is 0. The Labute approximate surface area is 115 Å². The fourth-order valence-electron chi connectivity index (χ4n) is 2.11. The zero-order valence-corrected chi connectivity index (χ0v) is 10.3. The van der Waals surface area contributed by atoms with Crippen molar-refractivity contribution >= 4 is 10.9 Å². The van der Waals surface area contributed by atoms with Crippen molar-refractivity contribution in [2.75, 3.05) is 0 Å². The Morgan fingerprint density at radius 1 is 0.905 bits per heavy atom. The van der Waals surface area contributed by atoms with Gasteiger partial charge in [0, 0.05) is 11.6 Å². The van der Waals surface area contributed by atoms with Crippen molar-refractivity contribution in [3.63, 3.8) is 0 Å². The summed E-state index contributed by atoms with van der Waals surface area (Å²) in [6, 6.07) is 6.39. The van der Waals surface area contributed by atoms with Crippen LogP contribution in [0.4, 0.5) is 26.3 Å². The molecule has 1 N–H and O–H groups in total. The second kappa shape index (κ2) is 5.18. The van der Waals surface area contributed by atoms with Gasteiger partial charge in [-0.1, -0.05) is 18.2 Å². The third-order valence-electron chi connectivity index (χ3n) is 3.02. The van der Waals surface area contributed by atoms with E-state index in [0.29, 0.717) is 0 Å². The number of rotatable bonds is 2. The van der Waals surface area contributed by atoms with Crippen molar-refractivity contribution < 1.29 is 31.4 Å². The van der Waals surface area contributed by atoms with Crippen LogP contribution in [0.1, 0.15) is 11.7 Å². The van der Waals surface area contributed by atoms with Gasteiger partial charge in [-0.25, -0.2) is 0 Å². The van der Waals surface area contributed by atoms with Gasteiger partial charge < -0.3 is 5.11 Å². The van der Waals surface area contributed by atoms with Gasteiger partial charge in [-0.3, -0.25) is 4.98 Å². The van der Waals surface area contributed by atoms with Gasteiger partial charge in [0.15, 0.2) is 5.92 Å². The molecule has 0 fully saturated rings. The standard InChI is InChI=1S/C13H9F6NO/c14-12(15,16)11(13(17,18)19)10(21)8-3-1-5-9-7(8)4-2-6-20-9/h1-6,10-11,21H. The van der Waals surface area contributed by atoms with E-state index in [-0.39, 0.29) is 10.9 Å². The number of hydrogen-bond acceptors (Lipinski definition) is 2. The molecule has 114 valence electrons. The number of aromatic nitrogens is 1. The first kappa shape index (κ1) is 15.6. The lowest BCUT2D eigenvalue weighted by atomic mass is 9.92. The largest absolute Gasteiger partial charge is 0.403 e. The number of aliphatic hydroxyl groups is 1.